The van der Waals surface area contributed by atoms with Gasteiger partial charge in [-0.2, -0.15) is 12.6 Å². The molecule has 0 bridgehead atoms. The van der Waals surface area contributed by atoms with Gasteiger partial charge < -0.3 is 10.4 Å². The van der Waals surface area contributed by atoms with Gasteiger partial charge in [0.05, 0.1) is 0 Å². The predicted molar refractivity (Wildman–Crippen MR) is 75.7 cm³/mol. The summed E-state index contributed by atoms with van der Waals surface area (Å²) < 4.78 is 0. The Balaban J connectivity index is 3.91. The number of carbonyl (C=O) groups is 1. The number of carboxylic acid groups (broad SMARTS) is 1. The van der Waals surface area contributed by atoms with Crippen LogP contribution in [0.1, 0.15) is 33.6 Å². The quantitative estimate of drug-likeness (QED) is 0.463. The first-order valence-corrected chi connectivity index (χ1v) is 6.46. The van der Waals surface area contributed by atoms with E-state index in [0.29, 0.717) is 12.3 Å². The van der Waals surface area contributed by atoms with E-state index in [0.717, 1.165) is 12.8 Å². The van der Waals surface area contributed by atoms with Crippen LogP contribution in [0.25, 0.3) is 0 Å². The lowest BCUT2D eigenvalue weighted by atomic mass is 10.1. The highest BCUT2D eigenvalue weighted by molar-refractivity contribution is 7.80. The van der Waals surface area contributed by atoms with Crippen LogP contribution in [0.15, 0.2) is 23.3 Å². The fraction of sp³-hybridized carbons (Fsp3) is 0.615. The molecule has 2 N–H and O–H groups in total. The number of carboxylic acids is 1. The van der Waals surface area contributed by atoms with Gasteiger partial charge >= 0.3 is 5.97 Å². The molecule has 0 heterocycles. The van der Waals surface area contributed by atoms with Gasteiger partial charge in [-0.05, 0) is 33.6 Å². The van der Waals surface area contributed by atoms with Crippen molar-refractivity contribution in [3.8, 4) is 0 Å². The molecule has 0 aliphatic carbocycles. The van der Waals surface area contributed by atoms with E-state index in [-0.39, 0.29) is 0 Å². The summed E-state index contributed by atoms with van der Waals surface area (Å²) >= 11 is 3.99. The van der Waals surface area contributed by atoms with Crippen molar-refractivity contribution in [2.45, 2.75) is 39.7 Å². The van der Waals surface area contributed by atoms with E-state index in [4.69, 9.17) is 5.11 Å². The minimum Gasteiger partial charge on any atom is -0.480 e. The molecule has 0 amide bonds. The van der Waals surface area contributed by atoms with Gasteiger partial charge in [-0.1, -0.05) is 23.3 Å². The monoisotopic (exact) mass is 257 g/mol. The van der Waals surface area contributed by atoms with Gasteiger partial charge in [0.25, 0.3) is 0 Å². The predicted octanol–water partition coefficient (Wildman–Crippen LogP) is 2.65. The van der Waals surface area contributed by atoms with Crippen molar-refractivity contribution in [3.63, 3.8) is 0 Å². The second-order valence-corrected chi connectivity index (χ2v) is 4.72. The van der Waals surface area contributed by atoms with Crippen molar-refractivity contribution in [1.29, 1.82) is 0 Å². The molecule has 0 saturated heterocycles. The van der Waals surface area contributed by atoms with E-state index in [2.05, 4.69) is 44.8 Å². The zero-order valence-electron chi connectivity index (χ0n) is 10.9. The molecule has 0 rings (SSSR count). The molecule has 0 aromatic heterocycles. The number of hydrogen-bond donors (Lipinski definition) is 3. The highest BCUT2D eigenvalue weighted by Crippen LogP contribution is 2.05. The normalized spacial score (nSPS) is 13.3. The Kier molecular flexibility index (Phi) is 8.90. The fourth-order valence-corrected chi connectivity index (χ4v) is 1.58. The summed E-state index contributed by atoms with van der Waals surface area (Å²) in [5.41, 5.74) is 2.61. The zero-order chi connectivity index (χ0) is 13.3. The second-order valence-electron chi connectivity index (χ2n) is 4.35. The molecule has 0 aliphatic rings. The van der Waals surface area contributed by atoms with Gasteiger partial charge in [0.2, 0.25) is 0 Å². The van der Waals surface area contributed by atoms with Crippen molar-refractivity contribution < 1.29 is 9.90 Å². The molecule has 0 radical (unpaired) electrons. The van der Waals surface area contributed by atoms with Crippen molar-refractivity contribution in [2.24, 2.45) is 0 Å². The lowest BCUT2D eigenvalue weighted by molar-refractivity contribution is -0.138. The number of thiol groups is 1. The molecule has 0 unspecified atom stereocenters. The molecular weight excluding hydrogens is 234 g/mol. The van der Waals surface area contributed by atoms with E-state index in [1.165, 1.54) is 11.1 Å². The van der Waals surface area contributed by atoms with Crippen molar-refractivity contribution in [3.05, 3.63) is 23.3 Å². The summed E-state index contributed by atoms with van der Waals surface area (Å²) in [4.78, 5) is 10.7. The van der Waals surface area contributed by atoms with Crippen LogP contribution < -0.4 is 5.32 Å². The molecule has 0 saturated carbocycles. The topological polar surface area (TPSA) is 49.3 Å². The summed E-state index contributed by atoms with van der Waals surface area (Å²) in [6.07, 6.45) is 6.31. The molecule has 0 aromatic carbocycles. The Morgan fingerprint density at radius 1 is 1.35 bits per heavy atom. The third-order valence-corrected chi connectivity index (χ3v) is 2.75. The average molecular weight is 257 g/mol. The molecule has 1 atom stereocenters. The summed E-state index contributed by atoms with van der Waals surface area (Å²) in [6.45, 7) is 6.82. The average Bonchev–Trinajstić information content (AvgIpc) is 2.23. The van der Waals surface area contributed by atoms with E-state index < -0.39 is 12.0 Å². The Morgan fingerprint density at radius 2 is 2.00 bits per heavy atom. The molecule has 0 fully saturated rings. The van der Waals surface area contributed by atoms with Crippen LogP contribution in [0.2, 0.25) is 0 Å². The van der Waals surface area contributed by atoms with Crippen LogP contribution in [0, 0.1) is 0 Å². The van der Waals surface area contributed by atoms with Crippen LogP contribution in [-0.4, -0.2) is 29.4 Å². The summed E-state index contributed by atoms with van der Waals surface area (Å²) in [5.74, 6) is -0.546. The largest absolute Gasteiger partial charge is 0.480 e. The number of aliphatic carboxylic acids is 1. The maximum Gasteiger partial charge on any atom is 0.321 e. The Labute approximate surface area is 109 Å². The minimum absolute atomic E-state index is 0.306. The lowest BCUT2D eigenvalue weighted by Crippen LogP contribution is -2.38. The van der Waals surface area contributed by atoms with Crippen molar-refractivity contribution in [2.75, 3.05) is 12.3 Å². The van der Waals surface area contributed by atoms with Crippen LogP contribution >= 0.6 is 12.6 Å². The minimum atomic E-state index is -0.851. The van der Waals surface area contributed by atoms with E-state index in [1.807, 2.05) is 6.08 Å². The van der Waals surface area contributed by atoms with Crippen molar-refractivity contribution in [1.82, 2.24) is 5.32 Å². The van der Waals surface area contributed by atoms with Gasteiger partial charge in [-0.15, -0.1) is 0 Å². The first-order valence-electron chi connectivity index (χ1n) is 5.83. The van der Waals surface area contributed by atoms with Gasteiger partial charge in [0.15, 0.2) is 0 Å². The molecule has 17 heavy (non-hydrogen) atoms. The first kappa shape index (κ1) is 16.3. The Morgan fingerprint density at radius 3 is 2.47 bits per heavy atom. The molecule has 3 nitrogen and oxygen atoms in total. The number of nitrogens with one attached hydrogen (secondary N) is 1. The highest BCUT2D eigenvalue weighted by atomic mass is 32.1. The molecule has 4 heteroatoms. The number of rotatable bonds is 8. The summed E-state index contributed by atoms with van der Waals surface area (Å²) in [5, 5.41) is 11.7. The van der Waals surface area contributed by atoms with Gasteiger partial charge in [0.1, 0.15) is 6.04 Å². The number of hydrogen-bond acceptors (Lipinski definition) is 3. The van der Waals surface area contributed by atoms with Gasteiger partial charge in [-0.3, -0.25) is 4.79 Å². The Hall–Kier alpha value is -0.740. The standard InChI is InChI=1S/C13H23NO2S/c1-10(2)5-4-6-11(3)7-8-14-12(9-17)13(15)16/h5,7,12,14,17H,4,6,8-9H2,1-3H3,(H,15,16)/b11-7+/t12-/m0/s1. The van der Waals surface area contributed by atoms with E-state index in [1.54, 1.807) is 0 Å². The molecule has 0 spiro atoms. The maximum atomic E-state index is 10.7. The first-order chi connectivity index (χ1) is 7.97. The summed E-state index contributed by atoms with van der Waals surface area (Å²) in [6, 6.07) is -0.569. The third kappa shape index (κ3) is 9.01. The lowest BCUT2D eigenvalue weighted by Gasteiger charge is -2.09. The SMILES string of the molecule is CC(C)=CCC/C(C)=C/CN[C@@H](CS)C(=O)O. The summed E-state index contributed by atoms with van der Waals surface area (Å²) in [7, 11) is 0. The van der Waals surface area contributed by atoms with E-state index >= 15 is 0 Å². The molecule has 0 aromatic rings. The molecule has 0 aliphatic heterocycles. The van der Waals surface area contributed by atoms with Gasteiger partial charge in [0, 0.05) is 12.3 Å². The van der Waals surface area contributed by atoms with Gasteiger partial charge in [-0.25, -0.2) is 0 Å². The second kappa shape index (κ2) is 9.31. The number of allylic oxidation sites excluding steroid dienone is 3. The van der Waals surface area contributed by atoms with Crippen molar-refractivity contribution >= 4 is 18.6 Å². The van der Waals surface area contributed by atoms with Crippen LogP contribution in [0.5, 0.6) is 0 Å². The highest BCUT2D eigenvalue weighted by Gasteiger charge is 2.12. The maximum absolute atomic E-state index is 10.7. The van der Waals surface area contributed by atoms with Crippen LogP contribution in [0.3, 0.4) is 0 Å². The Bertz CT molecular complexity index is 294. The fourth-order valence-electron chi connectivity index (χ4n) is 1.30. The molecule has 98 valence electrons. The van der Waals surface area contributed by atoms with Crippen LogP contribution in [0.4, 0.5) is 0 Å². The third-order valence-electron chi connectivity index (χ3n) is 2.39. The zero-order valence-corrected chi connectivity index (χ0v) is 11.8. The van der Waals surface area contributed by atoms with Crippen LogP contribution in [-0.2, 0) is 4.79 Å². The van der Waals surface area contributed by atoms with E-state index in [9.17, 15) is 4.79 Å². The smallest absolute Gasteiger partial charge is 0.321 e. The molecular formula is C13H23NO2S.